The molecule has 0 spiro atoms. The molecule has 0 saturated carbocycles. The van der Waals surface area contributed by atoms with E-state index in [1.165, 1.54) is 6.42 Å². The van der Waals surface area contributed by atoms with Crippen LogP contribution in [0, 0.1) is 0 Å². The predicted molar refractivity (Wildman–Crippen MR) is 115 cm³/mol. The zero-order valence-electron chi connectivity index (χ0n) is 17.1. The molecule has 6 nitrogen and oxygen atoms in total. The first-order valence-electron chi connectivity index (χ1n) is 10.7. The number of carbonyl (C=O) groups excluding carboxylic acids is 2. The fraction of sp³-hybridized carbons (Fsp3) is 0.417. The van der Waals surface area contributed by atoms with Crippen molar-refractivity contribution in [2.75, 3.05) is 31.6 Å². The van der Waals surface area contributed by atoms with Crippen LogP contribution < -0.4 is 10.1 Å². The maximum absolute atomic E-state index is 12.7. The van der Waals surface area contributed by atoms with Crippen LogP contribution in [0.1, 0.15) is 52.8 Å². The standard InChI is InChI=1S/C24H28N2O4/c27-23(18-9-11-21(12-10-18)30-17-22-8-5-15-29-22)25-20-7-4-6-19(16-20)24(28)26-13-2-1-3-14-26/h4,6-7,9-12,16,22H,1-3,5,8,13-15,17H2,(H,25,27). The third-order valence-electron chi connectivity index (χ3n) is 5.59. The maximum Gasteiger partial charge on any atom is 0.255 e. The van der Waals surface area contributed by atoms with Crippen molar-refractivity contribution in [3.05, 3.63) is 59.7 Å². The van der Waals surface area contributed by atoms with Crippen molar-refractivity contribution >= 4 is 17.5 Å². The summed E-state index contributed by atoms with van der Waals surface area (Å²) in [4.78, 5) is 27.2. The third-order valence-corrected chi connectivity index (χ3v) is 5.59. The van der Waals surface area contributed by atoms with Gasteiger partial charge in [0.05, 0.1) is 6.10 Å². The molecular formula is C24H28N2O4. The highest BCUT2D eigenvalue weighted by atomic mass is 16.5. The van der Waals surface area contributed by atoms with Gasteiger partial charge in [0.1, 0.15) is 12.4 Å². The van der Waals surface area contributed by atoms with E-state index in [1.807, 2.05) is 4.90 Å². The van der Waals surface area contributed by atoms with Crippen LogP contribution >= 0.6 is 0 Å². The minimum atomic E-state index is -0.219. The number of ether oxygens (including phenoxy) is 2. The first kappa shape index (κ1) is 20.4. The van der Waals surface area contributed by atoms with Gasteiger partial charge in [-0.1, -0.05) is 6.07 Å². The van der Waals surface area contributed by atoms with Gasteiger partial charge in [-0.05, 0) is 74.6 Å². The Bertz CT molecular complexity index is 869. The van der Waals surface area contributed by atoms with Crippen molar-refractivity contribution in [3.63, 3.8) is 0 Å². The lowest BCUT2D eigenvalue weighted by Gasteiger charge is -2.26. The Morgan fingerprint density at radius 3 is 2.53 bits per heavy atom. The summed E-state index contributed by atoms with van der Waals surface area (Å²) < 4.78 is 11.3. The van der Waals surface area contributed by atoms with E-state index in [2.05, 4.69) is 5.32 Å². The molecule has 2 aliphatic rings. The molecule has 2 saturated heterocycles. The molecule has 6 heteroatoms. The number of carbonyl (C=O) groups is 2. The van der Waals surface area contributed by atoms with Gasteiger partial charge in [0.15, 0.2) is 0 Å². The lowest BCUT2D eigenvalue weighted by molar-refractivity contribution is 0.0679. The van der Waals surface area contributed by atoms with Crippen molar-refractivity contribution in [3.8, 4) is 5.75 Å². The molecule has 0 aliphatic carbocycles. The number of benzene rings is 2. The van der Waals surface area contributed by atoms with Gasteiger partial charge in [0, 0.05) is 36.5 Å². The predicted octanol–water partition coefficient (Wildman–Crippen LogP) is 4.12. The van der Waals surface area contributed by atoms with E-state index in [4.69, 9.17) is 9.47 Å². The van der Waals surface area contributed by atoms with E-state index in [0.717, 1.165) is 51.1 Å². The number of anilines is 1. The van der Waals surface area contributed by atoms with Crippen LogP contribution in [0.25, 0.3) is 0 Å². The first-order chi connectivity index (χ1) is 14.7. The molecule has 1 N–H and O–H groups in total. The van der Waals surface area contributed by atoms with Gasteiger partial charge < -0.3 is 19.7 Å². The Hall–Kier alpha value is -2.86. The number of nitrogens with one attached hydrogen (secondary N) is 1. The highest BCUT2D eigenvalue weighted by Crippen LogP contribution is 2.19. The lowest BCUT2D eigenvalue weighted by atomic mass is 10.1. The van der Waals surface area contributed by atoms with Gasteiger partial charge in [0.25, 0.3) is 11.8 Å². The van der Waals surface area contributed by atoms with Crippen LogP contribution in [0.15, 0.2) is 48.5 Å². The molecule has 0 aromatic heterocycles. The zero-order chi connectivity index (χ0) is 20.8. The number of amides is 2. The van der Waals surface area contributed by atoms with Crippen molar-refractivity contribution in [2.45, 2.75) is 38.2 Å². The summed E-state index contributed by atoms with van der Waals surface area (Å²) in [5, 5.41) is 2.88. The number of likely N-dealkylation sites (tertiary alicyclic amines) is 1. The molecular weight excluding hydrogens is 380 g/mol. The quantitative estimate of drug-likeness (QED) is 0.781. The number of hydrogen-bond donors (Lipinski definition) is 1. The maximum atomic E-state index is 12.7. The molecule has 1 unspecified atom stereocenters. The fourth-order valence-electron chi connectivity index (χ4n) is 3.88. The fourth-order valence-corrected chi connectivity index (χ4v) is 3.88. The van der Waals surface area contributed by atoms with Crippen LogP contribution in [-0.4, -0.2) is 49.1 Å². The van der Waals surface area contributed by atoms with Crippen molar-refractivity contribution in [1.82, 2.24) is 4.90 Å². The van der Waals surface area contributed by atoms with Gasteiger partial charge in [0.2, 0.25) is 0 Å². The summed E-state index contributed by atoms with van der Waals surface area (Å²) in [5.74, 6) is 0.526. The molecule has 30 heavy (non-hydrogen) atoms. The zero-order valence-corrected chi connectivity index (χ0v) is 17.1. The summed E-state index contributed by atoms with van der Waals surface area (Å²) in [5.41, 5.74) is 1.75. The van der Waals surface area contributed by atoms with Gasteiger partial charge in [-0.15, -0.1) is 0 Å². The average molecular weight is 408 g/mol. The second kappa shape index (κ2) is 9.76. The van der Waals surface area contributed by atoms with Crippen LogP contribution in [0.4, 0.5) is 5.69 Å². The summed E-state index contributed by atoms with van der Waals surface area (Å²) in [6.07, 6.45) is 5.55. The Morgan fingerprint density at radius 2 is 1.80 bits per heavy atom. The van der Waals surface area contributed by atoms with Gasteiger partial charge >= 0.3 is 0 Å². The first-order valence-corrected chi connectivity index (χ1v) is 10.7. The highest BCUT2D eigenvalue weighted by molar-refractivity contribution is 6.05. The summed E-state index contributed by atoms with van der Waals surface area (Å²) in [6, 6.07) is 14.2. The Kier molecular flexibility index (Phi) is 6.64. The number of rotatable bonds is 6. The number of piperidine rings is 1. The second-order valence-electron chi connectivity index (χ2n) is 7.86. The topological polar surface area (TPSA) is 67.9 Å². The largest absolute Gasteiger partial charge is 0.491 e. The van der Waals surface area contributed by atoms with E-state index >= 15 is 0 Å². The number of hydrogen-bond acceptors (Lipinski definition) is 4. The molecule has 1 atom stereocenters. The summed E-state index contributed by atoms with van der Waals surface area (Å²) in [7, 11) is 0. The summed E-state index contributed by atoms with van der Waals surface area (Å²) >= 11 is 0. The monoisotopic (exact) mass is 408 g/mol. The average Bonchev–Trinajstić information content (AvgIpc) is 3.32. The van der Waals surface area contributed by atoms with E-state index in [-0.39, 0.29) is 17.9 Å². The minimum Gasteiger partial charge on any atom is -0.491 e. The SMILES string of the molecule is O=C(Nc1cccc(C(=O)N2CCCCC2)c1)c1ccc(OCC2CCCO2)cc1. The molecule has 0 radical (unpaired) electrons. The van der Waals surface area contributed by atoms with Crippen LogP contribution in [-0.2, 0) is 4.74 Å². The Labute approximate surface area is 177 Å². The van der Waals surface area contributed by atoms with Crippen LogP contribution in [0.3, 0.4) is 0 Å². The van der Waals surface area contributed by atoms with Gasteiger partial charge in [-0.2, -0.15) is 0 Å². The van der Waals surface area contributed by atoms with Crippen molar-refractivity contribution < 1.29 is 19.1 Å². The molecule has 2 amide bonds. The van der Waals surface area contributed by atoms with E-state index in [1.54, 1.807) is 48.5 Å². The third kappa shape index (κ3) is 5.19. The molecule has 2 aromatic carbocycles. The second-order valence-corrected chi connectivity index (χ2v) is 7.86. The van der Waals surface area contributed by atoms with Crippen LogP contribution in [0.2, 0.25) is 0 Å². The molecule has 0 bridgehead atoms. The van der Waals surface area contributed by atoms with Crippen molar-refractivity contribution in [1.29, 1.82) is 0 Å². The summed E-state index contributed by atoms with van der Waals surface area (Å²) in [6.45, 7) is 2.94. The molecule has 2 aromatic rings. The van der Waals surface area contributed by atoms with Gasteiger partial charge in [-0.25, -0.2) is 0 Å². The molecule has 2 heterocycles. The smallest absolute Gasteiger partial charge is 0.255 e. The van der Waals surface area contributed by atoms with E-state index in [9.17, 15) is 9.59 Å². The van der Waals surface area contributed by atoms with E-state index < -0.39 is 0 Å². The van der Waals surface area contributed by atoms with E-state index in [0.29, 0.717) is 23.4 Å². The molecule has 4 rings (SSSR count). The molecule has 158 valence electrons. The van der Waals surface area contributed by atoms with Gasteiger partial charge in [-0.3, -0.25) is 9.59 Å². The van der Waals surface area contributed by atoms with Crippen LogP contribution in [0.5, 0.6) is 5.75 Å². The Balaban J connectivity index is 1.34. The number of nitrogens with zero attached hydrogens (tertiary/aromatic N) is 1. The van der Waals surface area contributed by atoms with Crippen molar-refractivity contribution in [2.24, 2.45) is 0 Å². The minimum absolute atomic E-state index is 0.0264. The molecule has 2 fully saturated rings. The highest BCUT2D eigenvalue weighted by Gasteiger charge is 2.19. The Morgan fingerprint density at radius 1 is 1.00 bits per heavy atom. The normalized spacial score (nSPS) is 18.8. The molecule has 2 aliphatic heterocycles. The lowest BCUT2D eigenvalue weighted by Crippen LogP contribution is -2.35.